The van der Waals surface area contributed by atoms with E-state index in [1.807, 2.05) is 0 Å². The Morgan fingerprint density at radius 2 is 1.56 bits per heavy atom. The summed E-state index contributed by atoms with van der Waals surface area (Å²) in [5.74, 6) is -1.29. The maximum absolute atomic E-state index is 13.7. The van der Waals surface area contributed by atoms with Gasteiger partial charge in [-0.1, -0.05) is 60.1 Å². The van der Waals surface area contributed by atoms with Crippen LogP contribution in [0.4, 0.5) is 18.9 Å². The fraction of sp³-hybridized carbons (Fsp3) is 0.259. The van der Waals surface area contributed by atoms with Crippen LogP contribution in [0.5, 0.6) is 0 Å². The van der Waals surface area contributed by atoms with Crippen LogP contribution in [0.15, 0.2) is 83.8 Å². The maximum Gasteiger partial charge on any atom is 0.416 e. The Morgan fingerprint density at radius 1 is 0.974 bits per heavy atom. The maximum atomic E-state index is 13.7. The number of benzene rings is 3. The van der Waals surface area contributed by atoms with Crippen LogP contribution in [0.2, 0.25) is 5.02 Å². The Morgan fingerprint density at radius 3 is 2.13 bits per heavy atom. The largest absolute Gasteiger partial charge is 0.416 e. The molecule has 0 fully saturated rings. The molecule has 0 aliphatic rings. The molecule has 0 saturated carbocycles. The molecular weight excluding hydrogens is 555 g/mol. The molecule has 3 rings (SSSR count). The van der Waals surface area contributed by atoms with Crippen LogP contribution in [-0.4, -0.2) is 44.3 Å². The van der Waals surface area contributed by atoms with E-state index in [1.54, 1.807) is 43.3 Å². The van der Waals surface area contributed by atoms with Gasteiger partial charge >= 0.3 is 6.18 Å². The first-order valence-electron chi connectivity index (χ1n) is 11.9. The molecule has 208 valence electrons. The fourth-order valence-corrected chi connectivity index (χ4v) is 5.51. The van der Waals surface area contributed by atoms with E-state index in [4.69, 9.17) is 11.6 Å². The Kier molecular flexibility index (Phi) is 9.63. The SMILES string of the molecule is CCNC(=O)[C@H](C)N(Cc1ccccc1)C(=O)CN(c1cc(C(F)(F)F)ccc1Cl)S(=O)(=O)c1ccccc1. The van der Waals surface area contributed by atoms with Gasteiger partial charge in [0, 0.05) is 13.1 Å². The summed E-state index contributed by atoms with van der Waals surface area (Å²) in [4.78, 5) is 27.3. The predicted molar refractivity (Wildman–Crippen MR) is 143 cm³/mol. The predicted octanol–water partition coefficient (Wildman–Crippen LogP) is 5.11. The van der Waals surface area contributed by atoms with Crippen molar-refractivity contribution >= 4 is 39.1 Å². The summed E-state index contributed by atoms with van der Waals surface area (Å²) < 4.78 is 68.6. The molecular formula is C27H27ClF3N3O4S. The molecule has 0 bridgehead atoms. The van der Waals surface area contributed by atoms with E-state index in [-0.39, 0.29) is 16.5 Å². The molecule has 0 aliphatic heterocycles. The molecule has 1 atom stereocenters. The minimum Gasteiger partial charge on any atom is -0.355 e. The second-order valence-corrected chi connectivity index (χ2v) is 10.8. The van der Waals surface area contributed by atoms with Crippen molar-refractivity contribution in [3.8, 4) is 0 Å². The Labute approximate surface area is 230 Å². The van der Waals surface area contributed by atoms with Crippen molar-refractivity contribution in [1.82, 2.24) is 10.2 Å². The lowest BCUT2D eigenvalue weighted by Crippen LogP contribution is -2.51. The quantitative estimate of drug-likeness (QED) is 0.361. The number of rotatable bonds is 10. The highest BCUT2D eigenvalue weighted by atomic mass is 35.5. The van der Waals surface area contributed by atoms with Gasteiger partial charge in [0.05, 0.1) is 21.2 Å². The molecule has 3 aromatic carbocycles. The lowest BCUT2D eigenvalue weighted by molar-refractivity contribution is -0.139. The van der Waals surface area contributed by atoms with Crippen LogP contribution in [-0.2, 0) is 32.3 Å². The minimum absolute atomic E-state index is 0.0481. The summed E-state index contributed by atoms with van der Waals surface area (Å²) in [5.41, 5.74) is -0.995. The molecule has 7 nitrogen and oxygen atoms in total. The Balaban J connectivity index is 2.12. The van der Waals surface area contributed by atoms with Gasteiger partial charge in [-0.2, -0.15) is 13.2 Å². The number of alkyl halides is 3. The first kappa shape index (κ1) is 30.0. The number of nitrogens with zero attached hydrogens (tertiary/aromatic N) is 2. The van der Waals surface area contributed by atoms with E-state index in [0.29, 0.717) is 22.5 Å². The third-order valence-corrected chi connectivity index (χ3v) is 7.96. The first-order chi connectivity index (χ1) is 18.4. The highest BCUT2D eigenvalue weighted by Crippen LogP contribution is 2.37. The van der Waals surface area contributed by atoms with Crippen LogP contribution < -0.4 is 9.62 Å². The average Bonchev–Trinajstić information content (AvgIpc) is 2.90. The smallest absolute Gasteiger partial charge is 0.355 e. The number of nitrogens with one attached hydrogen (secondary N) is 1. The third-order valence-electron chi connectivity index (χ3n) is 5.87. The number of sulfonamides is 1. The number of hydrogen-bond acceptors (Lipinski definition) is 4. The van der Waals surface area contributed by atoms with Gasteiger partial charge in [0.15, 0.2) is 0 Å². The van der Waals surface area contributed by atoms with E-state index in [1.165, 1.54) is 36.1 Å². The lowest BCUT2D eigenvalue weighted by atomic mass is 10.1. The Bertz CT molecular complexity index is 1400. The van der Waals surface area contributed by atoms with E-state index in [0.717, 1.165) is 12.1 Å². The number of likely N-dealkylation sites (N-methyl/N-ethyl adjacent to an activating group) is 1. The summed E-state index contributed by atoms with van der Waals surface area (Å²) >= 11 is 6.22. The van der Waals surface area contributed by atoms with Crippen molar-refractivity contribution in [2.24, 2.45) is 0 Å². The van der Waals surface area contributed by atoms with Crippen LogP contribution in [0.3, 0.4) is 0 Å². The summed E-state index contributed by atoms with van der Waals surface area (Å²) in [5, 5.41) is 2.33. The number of halogens is 4. The van der Waals surface area contributed by atoms with Gasteiger partial charge in [-0.15, -0.1) is 0 Å². The molecule has 0 aromatic heterocycles. The lowest BCUT2D eigenvalue weighted by Gasteiger charge is -2.32. The van der Waals surface area contributed by atoms with E-state index in [9.17, 15) is 31.2 Å². The molecule has 39 heavy (non-hydrogen) atoms. The average molecular weight is 582 g/mol. The third kappa shape index (κ3) is 7.30. The van der Waals surface area contributed by atoms with E-state index >= 15 is 0 Å². The summed E-state index contributed by atoms with van der Waals surface area (Å²) in [6, 6.07) is 16.9. The number of hydrogen-bond donors (Lipinski definition) is 1. The molecule has 0 aliphatic carbocycles. The molecule has 0 spiro atoms. The second-order valence-electron chi connectivity index (χ2n) is 8.57. The van der Waals surface area contributed by atoms with Gasteiger partial charge in [0.2, 0.25) is 11.8 Å². The molecule has 3 aromatic rings. The standard InChI is InChI=1S/C27H27ClF3N3O4S/c1-3-32-26(36)19(2)33(17-20-10-6-4-7-11-20)25(35)18-34(39(37,38)22-12-8-5-9-13-22)24-16-21(27(29,30)31)14-15-23(24)28/h4-16,19H,3,17-18H2,1-2H3,(H,32,36)/t19-/m0/s1. The number of anilines is 1. The van der Waals surface area contributed by atoms with Gasteiger partial charge in [-0.25, -0.2) is 8.42 Å². The van der Waals surface area contributed by atoms with Crippen LogP contribution >= 0.6 is 11.6 Å². The molecule has 2 amide bonds. The Hall–Kier alpha value is -3.57. The molecule has 0 unspecified atom stereocenters. The minimum atomic E-state index is -4.79. The highest BCUT2D eigenvalue weighted by molar-refractivity contribution is 7.92. The summed E-state index contributed by atoms with van der Waals surface area (Å²) in [6.07, 6.45) is -4.79. The summed E-state index contributed by atoms with van der Waals surface area (Å²) in [7, 11) is -4.56. The fourth-order valence-electron chi connectivity index (χ4n) is 3.80. The van der Waals surface area contributed by atoms with E-state index < -0.39 is 51.9 Å². The van der Waals surface area contributed by atoms with Gasteiger partial charge in [-0.05, 0) is 49.7 Å². The van der Waals surface area contributed by atoms with Crippen LogP contribution in [0.1, 0.15) is 25.0 Å². The second kappa shape index (κ2) is 12.5. The number of carbonyl (C=O) groups is 2. The van der Waals surface area contributed by atoms with Crippen molar-refractivity contribution < 1.29 is 31.2 Å². The van der Waals surface area contributed by atoms with Crippen LogP contribution in [0, 0.1) is 0 Å². The first-order valence-corrected chi connectivity index (χ1v) is 13.7. The topological polar surface area (TPSA) is 86.8 Å². The normalized spacial score (nSPS) is 12.5. The van der Waals surface area contributed by atoms with Crippen molar-refractivity contribution in [3.63, 3.8) is 0 Å². The van der Waals surface area contributed by atoms with Gasteiger partial charge in [-0.3, -0.25) is 13.9 Å². The zero-order chi connectivity index (χ0) is 28.8. The van der Waals surface area contributed by atoms with Crippen molar-refractivity contribution in [2.75, 3.05) is 17.4 Å². The molecule has 12 heteroatoms. The molecule has 0 heterocycles. The highest BCUT2D eigenvalue weighted by Gasteiger charge is 2.36. The zero-order valence-electron chi connectivity index (χ0n) is 21.2. The van der Waals surface area contributed by atoms with Gasteiger partial charge < -0.3 is 10.2 Å². The van der Waals surface area contributed by atoms with Gasteiger partial charge in [0.1, 0.15) is 12.6 Å². The van der Waals surface area contributed by atoms with Crippen molar-refractivity contribution in [2.45, 2.75) is 37.5 Å². The molecule has 0 saturated heterocycles. The summed E-state index contributed by atoms with van der Waals surface area (Å²) in [6.45, 7) is 2.53. The number of carbonyl (C=O) groups excluding carboxylic acids is 2. The van der Waals surface area contributed by atoms with Gasteiger partial charge in [0.25, 0.3) is 10.0 Å². The molecule has 0 radical (unpaired) electrons. The zero-order valence-corrected chi connectivity index (χ0v) is 22.7. The van der Waals surface area contributed by atoms with E-state index in [2.05, 4.69) is 5.32 Å². The molecule has 1 N–H and O–H groups in total. The monoisotopic (exact) mass is 581 g/mol. The number of amides is 2. The van der Waals surface area contributed by atoms with Crippen molar-refractivity contribution in [3.05, 3.63) is 95.0 Å². The van der Waals surface area contributed by atoms with Crippen LogP contribution in [0.25, 0.3) is 0 Å². The van der Waals surface area contributed by atoms with Crippen molar-refractivity contribution in [1.29, 1.82) is 0 Å².